The van der Waals surface area contributed by atoms with Crippen molar-refractivity contribution in [3.05, 3.63) is 57.0 Å². The third-order valence-corrected chi connectivity index (χ3v) is 4.16. The van der Waals surface area contributed by atoms with Crippen LogP contribution in [0.2, 0.25) is 5.02 Å². The number of anilines is 1. The van der Waals surface area contributed by atoms with Crippen molar-refractivity contribution in [2.24, 2.45) is 0 Å². The molecule has 0 bridgehead atoms. The third-order valence-electron chi connectivity index (χ3n) is 3.84. The maximum absolute atomic E-state index is 11.4. The van der Waals surface area contributed by atoms with E-state index in [0.29, 0.717) is 5.02 Å². The lowest BCUT2D eigenvalue weighted by Gasteiger charge is -2.27. The Bertz CT molecular complexity index is 712. The van der Waals surface area contributed by atoms with Gasteiger partial charge >= 0.3 is 0 Å². The monoisotopic (exact) mass is 304 g/mol. The van der Waals surface area contributed by atoms with Crippen LogP contribution in [0.4, 0.5) is 5.69 Å². The molecule has 1 aliphatic rings. The van der Waals surface area contributed by atoms with Crippen LogP contribution in [0.5, 0.6) is 5.75 Å². The first kappa shape index (κ1) is 14.0. The second-order valence-corrected chi connectivity index (χ2v) is 5.60. The Kier molecular flexibility index (Phi) is 3.88. The summed E-state index contributed by atoms with van der Waals surface area (Å²) in [7, 11) is 1.63. The summed E-state index contributed by atoms with van der Waals surface area (Å²) < 4.78 is 5.24. The highest BCUT2D eigenvalue weighted by Gasteiger charge is 2.21. The predicted octanol–water partition coefficient (Wildman–Crippen LogP) is 3.53. The van der Waals surface area contributed by atoms with E-state index in [2.05, 4.69) is 10.3 Å². The predicted molar refractivity (Wildman–Crippen MR) is 84.4 cm³/mol. The van der Waals surface area contributed by atoms with Gasteiger partial charge in [-0.05, 0) is 43.0 Å². The van der Waals surface area contributed by atoms with Gasteiger partial charge in [-0.3, -0.25) is 4.79 Å². The number of ether oxygens (including phenoxy) is 1. The molecule has 3 rings (SSSR count). The van der Waals surface area contributed by atoms with Gasteiger partial charge in [-0.25, -0.2) is 0 Å². The average molecular weight is 305 g/mol. The molecule has 0 spiro atoms. The number of benzene rings is 1. The topological polar surface area (TPSA) is 54.1 Å². The van der Waals surface area contributed by atoms with Crippen LogP contribution in [0.15, 0.2) is 35.1 Å². The lowest BCUT2D eigenvalue weighted by atomic mass is 9.91. The van der Waals surface area contributed by atoms with E-state index in [4.69, 9.17) is 16.3 Å². The molecule has 5 heteroatoms. The molecule has 1 aromatic heterocycles. The van der Waals surface area contributed by atoms with Gasteiger partial charge in [-0.2, -0.15) is 0 Å². The van der Waals surface area contributed by atoms with Gasteiger partial charge in [0.25, 0.3) is 0 Å². The molecule has 0 radical (unpaired) electrons. The van der Waals surface area contributed by atoms with Gasteiger partial charge in [0, 0.05) is 17.8 Å². The van der Waals surface area contributed by atoms with Crippen LogP contribution in [0.3, 0.4) is 0 Å². The molecule has 4 nitrogen and oxygen atoms in total. The molecule has 1 atom stereocenters. The van der Waals surface area contributed by atoms with E-state index >= 15 is 0 Å². The highest BCUT2D eigenvalue weighted by Crippen LogP contribution is 2.34. The molecule has 0 saturated carbocycles. The summed E-state index contributed by atoms with van der Waals surface area (Å²) in [6, 6.07) is 9.17. The average Bonchev–Trinajstić information content (AvgIpc) is 2.49. The van der Waals surface area contributed by atoms with E-state index in [9.17, 15) is 4.79 Å². The van der Waals surface area contributed by atoms with Crippen molar-refractivity contribution in [3.8, 4) is 5.75 Å². The van der Waals surface area contributed by atoms with Crippen molar-refractivity contribution < 1.29 is 4.74 Å². The van der Waals surface area contributed by atoms with Crippen molar-refractivity contribution in [3.63, 3.8) is 0 Å². The number of rotatable bonds is 3. The van der Waals surface area contributed by atoms with E-state index in [1.54, 1.807) is 13.2 Å². The summed E-state index contributed by atoms with van der Waals surface area (Å²) in [4.78, 5) is 14.4. The van der Waals surface area contributed by atoms with Crippen molar-refractivity contribution in [1.29, 1.82) is 0 Å². The zero-order valence-corrected chi connectivity index (χ0v) is 12.5. The fourth-order valence-corrected chi connectivity index (χ4v) is 2.95. The zero-order chi connectivity index (χ0) is 14.8. The number of hydrogen-bond donors (Lipinski definition) is 2. The number of fused-ring (bicyclic) bond motifs is 1. The highest BCUT2D eigenvalue weighted by molar-refractivity contribution is 6.33. The first-order valence-corrected chi connectivity index (χ1v) is 7.37. The maximum atomic E-state index is 11.4. The Morgan fingerprint density at radius 1 is 1.33 bits per heavy atom. The molecule has 1 aromatic carbocycles. The Balaban J connectivity index is 1.92. The Labute approximate surface area is 128 Å². The molecule has 1 heterocycles. The van der Waals surface area contributed by atoms with E-state index in [1.807, 2.05) is 24.3 Å². The summed E-state index contributed by atoms with van der Waals surface area (Å²) >= 11 is 6.25. The molecule has 0 aliphatic heterocycles. The first-order valence-electron chi connectivity index (χ1n) is 6.99. The van der Waals surface area contributed by atoms with E-state index in [-0.39, 0.29) is 11.6 Å². The second kappa shape index (κ2) is 5.82. The molecule has 110 valence electrons. The molecule has 21 heavy (non-hydrogen) atoms. The Morgan fingerprint density at radius 3 is 3.00 bits per heavy atom. The van der Waals surface area contributed by atoms with Crippen molar-refractivity contribution >= 4 is 17.3 Å². The normalized spacial score (nSPS) is 17.1. The first-order chi connectivity index (χ1) is 10.2. The molecule has 2 N–H and O–H groups in total. The van der Waals surface area contributed by atoms with E-state index < -0.39 is 0 Å². The maximum Gasteiger partial charge on any atom is 0.248 e. The number of nitrogens with one attached hydrogen (secondary N) is 2. The van der Waals surface area contributed by atoms with Crippen LogP contribution >= 0.6 is 11.6 Å². The molecule has 2 aromatic rings. The quantitative estimate of drug-likeness (QED) is 0.912. The minimum Gasteiger partial charge on any atom is -0.497 e. The summed E-state index contributed by atoms with van der Waals surface area (Å²) in [6.45, 7) is 0. The summed E-state index contributed by atoms with van der Waals surface area (Å²) in [6.07, 6.45) is 2.95. The fourth-order valence-electron chi connectivity index (χ4n) is 2.78. The van der Waals surface area contributed by atoms with Crippen LogP contribution in [0.1, 0.15) is 30.1 Å². The van der Waals surface area contributed by atoms with Gasteiger partial charge in [-0.15, -0.1) is 0 Å². The number of methoxy groups -OCH3 is 1. The second-order valence-electron chi connectivity index (χ2n) is 5.19. The summed E-state index contributed by atoms with van der Waals surface area (Å²) in [5.74, 6) is 0.763. The number of aromatic amines is 1. The largest absolute Gasteiger partial charge is 0.497 e. The van der Waals surface area contributed by atoms with Crippen LogP contribution in [0.25, 0.3) is 0 Å². The van der Waals surface area contributed by atoms with Gasteiger partial charge in [-0.1, -0.05) is 11.6 Å². The molecule has 1 aliphatic carbocycles. The number of halogens is 1. The lowest BCUT2D eigenvalue weighted by Crippen LogP contribution is -2.21. The van der Waals surface area contributed by atoms with Crippen molar-refractivity contribution in [2.45, 2.75) is 25.3 Å². The van der Waals surface area contributed by atoms with Gasteiger partial charge in [0.15, 0.2) is 0 Å². The van der Waals surface area contributed by atoms with E-state index in [1.165, 1.54) is 0 Å². The van der Waals surface area contributed by atoms with E-state index in [0.717, 1.165) is 42.0 Å². The van der Waals surface area contributed by atoms with Gasteiger partial charge < -0.3 is 15.0 Å². The SMILES string of the molecule is COc1ccc(Cl)c(NC2CCCc3[nH]c(=O)ccc32)c1. The van der Waals surface area contributed by atoms with Crippen LogP contribution in [0, 0.1) is 0 Å². The molecule has 0 amide bonds. The minimum absolute atomic E-state index is 0.0474. The standard InChI is InChI=1S/C16H17ClN2O2/c1-21-10-5-7-12(17)15(9-10)18-13-3-2-4-14-11(13)6-8-16(20)19-14/h5-9,13,18H,2-4H2,1H3,(H,19,20). The zero-order valence-electron chi connectivity index (χ0n) is 11.8. The number of H-pyrrole nitrogens is 1. The summed E-state index contributed by atoms with van der Waals surface area (Å²) in [5, 5.41) is 4.13. The van der Waals surface area contributed by atoms with Gasteiger partial charge in [0.1, 0.15) is 5.75 Å². The van der Waals surface area contributed by atoms with Crippen LogP contribution < -0.4 is 15.6 Å². The third kappa shape index (κ3) is 2.90. The molecule has 0 fully saturated rings. The molecular weight excluding hydrogens is 288 g/mol. The number of pyridine rings is 1. The van der Waals surface area contributed by atoms with Gasteiger partial charge in [0.05, 0.1) is 23.9 Å². The smallest absolute Gasteiger partial charge is 0.248 e. The Morgan fingerprint density at radius 2 is 2.19 bits per heavy atom. The number of aryl methyl sites for hydroxylation is 1. The van der Waals surface area contributed by atoms with Crippen LogP contribution in [-0.4, -0.2) is 12.1 Å². The number of hydrogen-bond acceptors (Lipinski definition) is 3. The molecule has 1 unspecified atom stereocenters. The summed E-state index contributed by atoms with van der Waals surface area (Å²) in [5.41, 5.74) is 2.96. The van der Waals surface area contributed by atoms with Crippen molar-refractivity contribution in [1.82, 2.24) is 4.98 Å². The van der Waals surface area contributed by atoms with Gasteiger partial charge in [0.2, 0.25) is 5.56 Å². The number of aromatic nitrogens is 1. The molecular formula is C16H17ClN2O2. The lowest BCUT2D eigenvalue weighted by molar-refractivity contribution is 0.415. The minimum atomic E-state index is -0.0474. The fraction of sp³-hybridized carbons (Fsp3) is 0.312. The Hall–Kier alpha value is -1.94. The highest BCUT2D eigenvalue weighted by atomic mass is 35.5. The van der Waals surface area contributed by atoms with Crippen LogP contribution in [-0.2, 0) is 6.42 Å². The molecule has 0 saturated heterocycles. The van der Waals surface area contributed by atoms with Crippen molar-refractivity contribution in [2.75, 3.05) is 12.4 Å².